The summed E-state index contributed by atoms with van der Waals surface area (Å²) >= 11 is 0. The number of carbonyl (C=O) groups is 1. The summed E-state index contributed by atoms with van der Waals surface area (Å²) in [6, 6.07) is 3.48. The highest BCUT2D eigenvalue weighted by Crippen LogP contribution is 2.43. The van der Waals surface area contributed by atoms with Crippen molar-refractivity contribution in [2.75, 3.05) is 20.3 Å². The van der Waals surface area contributed by atoms with Gasteiger partial charge in [-0.1, -0.05) is 0 Å². The van der Waals surface area contributed by atoms with E-state index in [2.05, 4.69) is 0 Å². The second kappa shape index (κ2) is 6.01. The van der Waals surface area contributed by atoms with Crippen molar-refractivity contribution in [2.24, 2.45) is 5.73 Å². The number of ether oxygens (including phenoxy) is 3. The average Bonchev–Trinajstić information content (AvgIpc) is 2.44. The SMILES string of the molecule is COCCOc1cc2c(cc1C(N)=O)C(C)=C(C)C(C)(C)O2. The van der Waals surface area contributed by atoms with Crippen LogP contribution in [0.15, 0.2) is 17.7 Å². The highest BCUT2D eigenvalue weighted by atomic mass is 16.5. The first-order chi connectivity index (χ1) is 10.3. The van der Waals surface area contributed by atoms with Crippen molar-refractivity contribution >= 4 is 11.5 Å². The lowest BCUT2D eigenvalue weighted by atomic mass is 9.87. The molecule has 0 spiro atoms. The Labute approximate surface area is 131 Å². The van der Waals surface area contributed by atoms with Gasteiger partial charge in [-0.05, 0) is 44.9 Å². The van der Waals surface area contributed by atoms with Gasteiger partial charge in [0.05, 0.1) is 12.2 Å². The summed E-state index contributed by atoms with van der Waals surface area (Å²) < 4.78 is 16.6. The normalized spacial score (nSPS) is 16.0. The van der Waals surface area contributed by atoms with Crippen molar-refractivity contribution in [3.8, 4) is 11.5 Å². The van der Waals surface area contributed by atoms with E-state index in [9.17, 15) is 4.79 Å². The Kier molecular flexibility index (Phi) is 4.47. The summed E-state index contributed by atoms with van der Waals surface area (Å²) in [5.74, 6) is 0.600. The third-order valence-corrected chi connectivity index (χ3v) is 4.13. The first-order valence-corrected chi connectivity index (χ1v) is 7.25. The molecule has 5 heteroatoms. The maximum Gasteiger partial charge on any atom is 0.252 e. The molecule has 5 nitrogen and oxygen atoms in total. The van der Waals surface area contributed by atoms with Crippen LogP contribution in [-0.4, -0.2) is 31.8 Å². The van der Waals surface area contributed by atoms with Crippen LogP contribution in [-0.2, 0) is 4.74 Å². The number of primary amides is 1. The lowest BCUT2D eigenvalue weighted by Crippen LogP contribution is -2.33. The van der Waals surface area contributed by atoms with Crippen LogP contribution in [0.5, 0.6) is 11.5 Å². The van der Waals surface area contributed by atoms with E-state index in [1.807, 2.05) is 27.7 Å². The minimum Gasteiger partial charge on any atom is -0.490 e. The number of hydrogen-bond donors (Lipinski definition) is 1. The summed E-state index contributed by atoms with van der Waals surface area (Å²) in [5, 5.41) is 0. The van der Waals surface area contributed by atoms with Gasteiger partial charge < -0.3 is 19.9 Å². The number of hydrogen-bond acceptors (Lipinski definition) is 4. The molecule has 120 valence electrons. The Morgan fingerprint density at radius 1 is 1.27 bits per heavy atom. The Bertz CT molecular complexity index is 632. The van der Waals surface area contributed by atoms with E-state index in [1.54, 1.807) is 19.2 Å². The molecule has 0 atom stereocenters. The summed E-state index contributed by atoms with van der Waals surface area (Å²) in [7, 11) is 1.59. The minimum atomic E-state index is -0.523. The Morgan fingerprint density at radius 2 is 1.95 bits per heavy atom. The van der Waals surface area contributed by atoms with E-state index in [0.29, 0.717) is 30.3 Å². The van der Waals surface area contributed by atoms with Gasteiger partial charge in [0.1, 0.15) is 23.7 Å². The zero-order valence-corrected chi connectivity index (χ0v) is 13.8. The van der Waals surface area contributed by atoms with E-state index < -0.39 is 11.5 Å². The van der Waals surface area contributed by atoms with Crippen LogP contribution >= 0.6 is 0 Å². The second-order valence-corrected chi connectivity index (χ2v) is 5.91. The van der Waals surface area contributed by atoms with Gasteiger partial charge in [-0.15, -0.1) is 0 Å². The molecule has 1 aliphatic heterocycles. The van der Waals surface area contributed by atoms with Gasteiger partial charge in [0.15, 0.2) is 0 Å². The van der Waals surface area contributed by atoms with E-state index >= 15 is 0 Å². The predicted octanol–water partition coefficient (Wildman–Crippen LogP) is 2.78. The van der Waals surface area contributed by atoms with Crippen molar-refractivity contribution in [3.63, 3.8) is 0 Å². The van der Waals surface area contributed by atoms with E-state index in [-0.39, 0.29) is 0 Å². The van der Waals surface area contributed by atoms with Crippen LogP contribution in [0.1, 0.15) is 43.6 Å². The van der Waals surface area contributed by atoms with E-state index in [0.717, 1.165) is 16.7 Å². The predicted molar refractivity (Wildman–Crippen MR) is 85.3 cm³/mol. The minimum absolute atomic E-state index is 0.340. The van der Waals surface area contributed by atoms with Crippen molar-refractivity contribution in [3.05, 3.63) is 28.8 Å². The van der Waals surface area contributed by atoms with E-state index in [1.165, 1.54) is 0 Å². The van der Waals surface area contributed by atoms with Gasteiger partial charge in [-0.2, -0.15) is 0 Å². The Morgan fingerprint density at radius 3 is 2.55 bits per heavy atom. The van der Waals surface area contributed by atoms with Crippen LogP contribution in [0.25, 0.3) is 5.57 Å². The van der Waals surface area contributed by atoms with Crippen LogP contribution in [0.3, 0.4) is 0 Å². The summed E-state index contributed by atoms with van der Waals surface area (Å²) in [6.45, 7) is 8.86. The van der Waals surface area contributed by atoms with Gasteiger partial charge in [0.2, 0.25) is 0 Å². The first-order valence-electron chi connectivity index (χ1n) is 7.25. The molecule has 2 N–H and O–H groups in total. The molecule has 0 fully saturated rings. The largest absolute Gasteiger partial charge is 0.490 e. The fourth-order valence-corrected chi connectivity index (χ4v) is 2.49. The zero-order chi connectivity index (χ0) is 16.5. The number of nitrogens with two attached hydrogens (primary N) is 1. The van der Waals surface area contributed by atoms with Crippen LogP contribution in [0.4, 0.5) is 0 Å². The van der Waals surface area contributed by atoms with Crippen molar-refractivity contribution < 1.29 is 19.0 Å². The lowest BCUT2D eigenvalue weighted by Gasteiger charge is -2.35. The lowest BCUT2D eigenvalue weighted by molar-refractivity contribution is 0.0991. The maximum absolute atomic E-state index is 11.7. The van der Waals surface area contributed by atoms with Crippen molar-refractivity contribution in [1.29, 1.82) is 0 Å². The summed E-state index contributed by atoms with van der Waals surface area (Å²) in [5.41, 5.74) is 8.54. The fourth-order valence-electron chi connectivity index (χ4n) is 2.49. The number of methoxy groups -OCH3 is 1. The number of carbonyl (C=O) groups excluding carboxylic acids is 1. The molecule has 2 rings (SSSR count). The fraction of sp³-hybridized carbons (Fsp3) is 0.471. The van der Waals surface area contributed by atoms with Gasteiger partial charge in [-0.3, -0.25) is 4.79 Å². The third kappa shape index (κ3) is 2.95. The molecule has 0 saturated heterocycles. The number of allylic oxidation sites excluding steroid dienone is 1. The molecule has 1 aromatic carbocycles. The Hall–Kier alpha value is -2.01. The molecule has 0 radical (unpaired) electrons. The highest BCUT2D eigenvalue weighted by molar-refractivity contribution is 5.97. The molecule has 22 heavy (non-hydrogen) atoms. The standard InChI is InChI=1S/C17H23NO4/c1-10-11(2)17(3,4)22-15-9-14(21-7-6-20-5)13(16(18)19)8-12(10)15/h8-9H,6-7H2,1-5H3,(H2,18,19). The molecular weight excluding hydrogens is 282 g/mol. The van der Waals surface area contributed by atoms with Gasteiger partial charge >= 0.3 is 0 Å². The number of fused-ring (bicyclic) bond motifs is 1. The first kappa shape index (κ1) is 16.4. The van der Waals surface area contributed by atoms with Crippen molar-refractivity contribution in [1.82, 2.24) is 0 Å². The molecule has 1 aliphatic rings. The molecule has 0 aliphatic carbocycles. The summed E-state index contributed by atoms with van der Waals surface area (Å²) in [6.07, 6.45) is 0. The van der Waals surface area contributed by atoms with Crippen LogP contribution < -0.4 is 15.2 Å². The molecule has 0 aromatic heterocycles. The highest BCUT2D eigenvalue weighted by Gasteiger charge is 2.32. The molecule has 1 heterocycles. The number of amides is 1. The number of rotatable bonds is 5. The topological polar surface area (TPSA) is 70.8 Å². The van der Waals surface area contributed by atoms with Crippen LogP contribution in [0.2, 0.25) is 0 Å². The maximum atomic E-state index is 11.7. The molecule has 0 saturated carbocycles. The van der Waals surface area contributed by atoms with Crippen molar-refractivity contribution in [2.45, 2.75) is 33.3 Å². The molecule has 1 aromatic rings. The van der Waals surface area contributed by atoms with Crippen LogP contribution in [0, 0.1) is 0 Å². The number of benzene rings is 1. The monoisotopic (exact) mass is 305 g/mol. The zero-order valence-electron chi connectivity index (χ0n) is 13.8. The average molecular weight is 305 g/mol. The van der Waals surface area contributed by atoms with E-state index in [4.69, 9.17) is 19.9 Å². The quantitative estimate of drug-likeness (QED) is 0.849. The summed E-state index contributed by atoms with van der Waals surface area (Å²) in [4.78, 5) is 11.7. The Balaban J connectivity index is 2.50. The molecule has 1 amide bonds. The molecule has 0 unspecified atom stereocenters. The molecular formula is C17H23NO4. The van der Waals surface area contributed by atoms with Gasteiger partial charge in [0.25, 0.3) is 5.91 Å². The molecule has 0 bridgehead atoms. The second-order valence-electron chi connectivity index (χ2n) is 5.91. The van der Waals surface area contributed by atoms with Gasteiger partial charge in [0, 0.05) is 18.7 Å². The third-order valence-electron chi connectivity index (χ3n) is 4.13. The van der Waals surface area contributed by atoms with Gasteiger partial charge in [-0.25, -0.2) is 0 Å². The smallest absolute Gasteiger partial charge is 0.252 e.